The summed E-state index contributed by atoms with van der Waals surface area (Å²) in [4.78, 5) is 7.13. The van der Waals surface area contributed by atoms with Gasteiger partial charge < -0.3 is 0 Å². The van der Waals surface area contributed by atoms with Gasteiger partial charge in [-0.15, -0.1) is 0 Å². The van der Waals surface area contributed by atoms with Gasteiger partial charge in [-0.05, 0) is 86.0 Å². The molecule has 0 radical (unpaired) electrons. The van der Waals surface area contributed by atoms with Crippen molar-refractivity contribution in [3.63, 3.8) is 0 Å². The van der Waals surface area contributed by atoms with Gasteiger partial charge >= 0.3 is 12.4 Å². The number of rotatable bonds is 2. The van der Waals surface area contributed by atoms with Crippen molar-refractivity contribution in [2.24, 2.45) is 5.92 Å². The predicted octanol–water partition coefficient (Wildman–Crippen LogP) is 9.35. The number of pyridine rings is 2. The van der Waals surface area contributed by atoms with Gasteiger partial charge in [-0.2, -0.15) is 47.4 Å². The molecule has 0 aliphatic heterocycles. The molecule has 2 aromatic heterocycles. The Hall–Kier alpha value is -6.76. The van der Waals surface area contributed by atoms with Crippen LogP contribution in [-0.2, 0) is 17.8 Å². The summed E-state index contributed by atoms with van der Waals surface area (Å²) in [5.41, 5.74) is 2.76. The van der Waals surface area contributed by atoms with Crippen molar-refractivity contribution in [3.05, 3.63) is 136 Å². The topological polar surface area (TPSA) is 121 Å². The summed E-state index contributed by atoms with van der Waals surface area (Å²) in [6, 6.07) is 21.0. The molecule has 2 atom stereocenters. The van der Waals surface area contributed by atoms with E-state index < -0.39 is 35.1 Å². The normalized spacial score (nSPS) is 18.3. The molecule has 2 heterocycles. The first kappa shape index (κ1) is 32.8. The molecule has 0 saturated carbocycles. The van der Waals surface area contributed by atoms with E-state index in [1.165, 1.54) is 12.1 Å². The molecule has 6 nitrogen and oxygen atoms in total. The van der Waals surface area contributed by atoms with E-state index in [-0.39, 0.29) is 11.1 Å². The van der Waals surface area contributed by atoms with Crippen molar-refractivity contribution in [1.82, 2.24) is 9.97 Å². The second kappa shape index (κ2) is 11.4. The zero-order valence-electron chi connectivity index (χ0n) is 26.1. The van der Waals surface area contributed by atoms with Crippen LogP contribution in [0, 0.1) is 51.2 Å². The molecule has 12 heteroatoms. The third-order valence-corrected chi connectivity index (χ3v) is 9.53. The number of benzene rings is 2. The predicted molar refractivity (Wildman–Crippen MR) is 173 cm³/mol. The molecule has 7 rings (SSSR count). The summed E-state index contributed by atoms with van der Waals surface area (Å²) >= 11 is 0. The van der Waals surface area contributed by atoms with Gasteiger partial charge in [-0.25, -0.2) is 0 Å². The summed E-state index contributed by atoms with van der Waals surface area (Å²) in [7, 11) is 0. The first-order valence-corrected chi connectivity index (χ1v) is 15.1. The maximum atomic E-state index is 13.2. The molecule has 3 aliphatic carbocycles. The van der Waals surface area contributed by atoms with Gasteiger partial charge in [0.1, 0.15) is 46.8 Å². The number of nitriles is 4. The van der Waals surface area contributed by atoms with Gasteiger partial charge in [0.05, 0.1) is 0 Å². The molecule has 0 fully saturated rings. The van der Waals surface area contributed by atoms with Crippen LogP contribution in [0.2, 0.25) is 0 Å². The Morgan fingerprint density at radius 3 is 1.76 bits per heavy atom. The average Bonchev–Trinajstić information content (AvgIpc) is 3.56. The second-order valence-electron chi connectivity index (χ2n) is 12.3. The van der Waals surface area contributed by atoms with Crippen LogP contribution in [0.25, 0.3) is 39.0 Å². The number of halogens is 6. The van der Waals surface area contributed by atoms with E-state index in [0.29, 0.717) is 66.8 Å². The van der Waals surface area contributed by atoms with E-state index in [1.807, 2.05) is 43.3 Å². The molecule has 0 N–H and O–H groups in total. The molecule has 0 saturated heterocycles. The number of alkyl halides is 6. The summed E-state index contributed by atoms with van der Waals surface area (Å²) in [6.45, 7) is 1.90. The Morgan fingerprint density at radius 2 is 1.22 bits per heavy atom. The van der Waals surface area contributed by atoms with Gasteiger partial charge in [0.2, 0.25) is 0 Å². The Labute approximate surface area is 286 Å². The fraction of sp³-hybridized carbons (Fsp3) is 0.128. The minimum Gasteiger partial charge on any atom is -0.251 e. The summed E-state index contributed by atoms with van der Waals surface area (Å²) in [5, 5.41) is 40.2. The van der Waals surface area contributed by atoms with Gasteiger partial charge in [0.25, 0.3) is 0 Å². The zero-order chi connectivity index (χ0) is 36.5. The van der Waals surface area contributed by atoms with Crippen LogP contribution in [0.3, 0.4) is 0 Å². The minimum atomic E-state index is -4.62. The van der Waals surface area contributed by atoms with Gasteiger partial charge in [-0.1, -0.05) is 49.4 Å². The molecule has 246 valence electrons. The van der Waals surface area contributed by atoms with E-state index in [4.69, 9.17) is 0 Å². The van der Waals surface area contributed by atoms with E-state index in [1.54, 1.807) is 36.4 Å². The van der Waals surface area contributed by atoms with Crippen molar-refractivity contribution >= 4 is 16.7 Å². The number of aromatic nitrogens is 2. The lowest BCUT2D eigenvalue weighted by atomic mass is 9.70. The zero-order valence-corrected chi connectivity index (χ0v) is 26.1. The Balaban J connectivity index is 1.41. The fourth-order valence-corrected chi connectivity index (χ4v) is 7.09. The number of nitrogens with zero attached hydrogens (tertiary/aromatic N) is 6. The summed E-state index contributed by atoms with van der Waals surface area (Å²) in [5.74, 6) is -0.598. The summed E-state index contributed by atoms with van der Waals surface area (Å²) < 4.78 is 79.0. The Kier molecular flexibility index (Phi) is 7.33. The fourth-order valence-electron chi connectivity index (χ4n) is 7.09. The standard InChI is InChI=1S/C39H18F6N6/c1-37-9-8-21(23-4-7-34(51-19-23)39(43,44)45)11-32(37)36(25(16-48)17-49)30-12-27-26-5-2-20(22-3-6-33(50-18-22)38(40,41)42)10-28(26)35(24(14-46)15-47)29(27)13-31(30)37/h2-13,18-19,32H,1H3. The maximum absolute atomic E-state index is 13.2. The van der Waals surface area contributed by atoms with Crippen molar-refractivity contribution in [1.29, 1.82) is 21.0 Å². The molecule has 4 aromatic rings. The van der Waals surface area contributed by atoms with Gasteiger partial charge in [-0.3, -0.25) is 9.97 Å². The monoisotopic (exact) mass is 684 g/mol. The summed E-state index contributed by atoms with van der Waals surface area (Å²) in [6.07, 6.45) is -1.63. The molecule has 2 aromatic carbocycles. The van der Waals surface area contributed by atoms with Crippen molar-refractivity contribution in [2.75, 3.05) is 0 Å². The smallest absolute Gasteiger partial charge is 0.251 e. The van der Waals surface area contributed by atoms with E-state index >= 15 is 0 Å². The maximum Gasteiger partial charge on any atom is 0.433 e. The van der Waals surface area contributed by atoms with Crippen LogP contribution in [0.1, 0.15) is 46.1 Å². The number of hydrogen-bond donors (Lipinski definition) is 0. The van der Waals surface area contributed by atoms with Crippen LogP contribution in [-0.4, -0.2) is 9.97 Å². The van der Waals surface area contributed by atoms with Crippen molar-refractivity contribution in [2.45, 2.75) is 24.7 Å². The minimum absolute atomic E-state index is 0.157. The quantitative estimate of drug-likeness (QED) is 0.135. The molecule has 0 spiro atoms. The highest BCUT2D eigenvalue weighted by molar-refractivity contribution is 6.07. The highest BCUT2D eigenvalue weighted by Crippen LogP contribution is 2.59. The number of fused-ring (bicyclic) bond motifs is 6. The first-order valence-electron chi connectivity index (χ1n) is 15.1. The van der Waals surface area contributed by atoms with Crippen LogP contribution in [0.15, 0.2) is 96.4 Å². The molecule has 0 bridgehead atoms. The SMILES string of the molecule is CC12C=CC(c3ccc(C(F)(F)F)nc3)=CC1C(=C(C#N)C#N)c1cc3c(cc12)C(=C(C#N)C#N)c1cc(-c2ccc(C(F)(F)F)nc2)ccc1-3. The number of hydrogen-bond acceptors (Lipinski definition) is 6. The van der Waals surface area contributed by atoms with Crippen LogP contribution in [0.4, 0.5) is 26.3 Å². The van der Waals surface area contributed by atoms with Crippen LogP contribution < -0.4 is 0 Å². The second-order valence-corrected chi connectivity index (χ2v) is 12.3. The molecule has 51 heavy (non-hydrogen) atoms. The van der Waals surface area contributed by atoms with Crippen molar-refractivity contribution < 1.29 is 26.3 Å². The average molecular weight is 685 g/mol. The lowest BCUT2D eigenvalue weighted by Crippen LogP contribution is -2.26. The van der Waals surface area contributed by atoms with Crippen LogP contribution in [0.5, 0.6) is 0 Å². The third kappa shape index (κ3) is 5.09. The van der Waals surface area contributed by atoms with E-state index in [0.717, 1.165) is 24.5 Å². The highest BCUT2D eigenvalue weighted by atomic mass is 19.4. The Morgan fingerprint density at radius 1 is 0.647 bits per heavy atom. The molecule has 2 unspecified atom stereocenters. The van der Waals surface area contributed by atoms with E-state index in [2.05, 4.69) is 9.97 Å². The Bertz CT molecular complexity index is 2460. The molecular weight excluding hydrogens is 666 g/mol. The third-order valence-electron chi connectivity index (χ3n) is 9.53. The first-order chi connectivity index (χ1) is 24.2. The molecule has 0 amide bonds. The lowest BCUT2D eigenvalue weighted by molar-refractivity contribution is -0.141. The van der Waals surface area contributed by atoms with Crippen LogP contribution >= 0.6 is 0 Å². The number of allylic oxidation sites excluding steroid dienone is 7. The molecular formula is C39H18F6N6. The highest BCUT2D eigenvalue weighted by Gasteiger charge is 2.48. The largest absolute Gasteiger partial charge is 0.433 e. The van der Waals surface area contributed by atoms with E-state index in [9.17, 15) is 47.4 Å². The molecule has 3 aliphatic rings. The van der Waals surface area contributed by atoms with Crippen molar-refractivity contribution in [3.8, 4) is 46.5 Å². The van der Waals surface area contributed by atoms with Gasteiger partial charge in [0, 0.05) is 34.9 Å². The van der Waals surface area contributed by atoms with Gasteiger partial charge in [0.15, 0.2) is 0 Å². The lowest BCUT2D eigenvalue weighted by Gasteiger charge is -2.32.